The minimum Gasteiger partial charge on any atom is -0.465 e. The lowest BCUT2D eigenvalue weighted by Gasteiger charge is -2.07. The van der Waals surface area contributed by atoms with Gasteiger partial charge in [-0.1, -0.05) is 48.5 Å². The fourth-order valence-electron chi connectivity index (χ4n) is 2.34. The van der Waals surface area contributed by atoms with Crippen molar-refractivity contribution in [3.8, 4) is 0 Å². The first-order chi connectivity index (χ1) is 10.8. The lowest BCUT2D eigenvalue weighted by atomic mass is 10.1. The van der Waals surface area contributed by atoms with Crippen LogP contribution in [0.15, 0.2) is 71.6 Å². The van der Waals surface area contributed by atoms with Crippen molar-refractivity contribution < 1.29 is 9.53 Å². The molecule has 0 N–H and O–H groups in total. The second-order valence-corrected chi connectivity index (χ2v) is 5.97. The first-order valence-corrected chi connectivity index (χ1v) is 8.04. The highest BCUT2D eigenvalue weighted by molar-refractivity contribution is 7.98. The number of thioether (sulfide) groups is 1. The standard InChI is InChI=1S/C19H16O2S/c1-21-19(20)16-11-9-14(10-12-16)13-22-18-8-4-6-15-5-2-3-7-17(15)18/h2-12H,13H2,1H3. The quantitative estimate of drug-likeness (QED) is 0.505. The van der Waals surface area contributed by atoms with Crippen molar-refractivity contribution in [2.75, 3.05) is 7.11 Å². The fraction of sp³-hybridized carbons (Fsp3) is 0.105. The summed E-state index contributed by atoms with van der Waals surface area (Å²) in [5, 5.41) is 2.54. The summed E-state index contributed by atoms with van der Waals surface area (Å²) in [6.07, 6.45) is 0. The van der Waals surface area contributed by atoms with Crippen LogP contribution in [0, 0.1) is 0 Å². The lowest BCUT2D eigenvalue weighted by Crippen LogP contribution is -2.00. The van der Waals surface area contributed by atoms with Crippen molar-refractivity contribution >= 4 is 28.5 Å². The molecule has 0 saturated carbocycles. The Morgan fingerprint density at radius 1 is 0.955 bits per heavy atom. The van der Waals surface area contributed by atoms with E-state index in [2.05, 4.69) is 42.5 Å². The van der Waals surface area contributed by atoms with E-state index in [1.165, 1.54) is 28.3 Å². The van der Waals surface area contributed by atoms with E-state index < -0.39 is 0 Å². The van der Waals surface area contributed by atoms with Crippen LogP contribution in [0.1, 0.15) is 15.9 Å². The van der Waals surface area contributed by atoms with Crippen LogP contribution in [-0.4, -0.2) is 13.1 Å². The second kappa shape index (κ2) is 6.67. The Balaban J connectivity index is 1.75. The summed E-state index contributed by atoms with van der Waals surface area (Å²) in [5.74, 6) is 0.573. The molecule has 0 radical (unpaired) electrons. The van der Waals surface area contributed by atoms with Gasteiger partial charge in [-0.15, -0.1) is 11.8 Å². The molecule has 0 fully saturated rings. The second-order valence-electron chi connectivity index (χ2n) is 4.95. The minimum atomic E-state index is -0.298. The van der Waals surface area contributed by atoms with Crippen LogP contribution in [-0.2, 0) is 10.5 Å². The molecule has 0 aliphatic heterocycles. The summed E-state index contributed by atoms with van der Waals surface area (Å²) in [7, 11) is 1.40. The Morgan fingerprint density at radius 3 is 2.45 bits per heavy atom. The van der Waals surface area contributed by atoms with Gasteiger partial charge in [0.2, 0.25) is 0 Å². The van der Waals surface area contributed by atoms with Crippen molar-refractivity contribution in [1.29, 1.82) is 0 Å². The zero-order chi connectivity index (χ0) is 15.4. The number of carbonyl (C=O) groups is 1. The Hall–Kier alpha value is -2.26. The van der Waals surface area contributed by atoms with Crippen molar-refractivity contribution in [2.24, 2.45) is 0 Å². The molecule has 0 bridgehead atoms. The molecule has 0 atom stereocenters. The Bertz CT molecular complexity index is 789. The maximum absolute atomic E-state index is 11.4. The number of rotatable bonds is 4. The molecule has 0 heterocycles. The SMILES string of the molecule is COC(=O)c1ccc(CSc2cccc3ccccc23)cc1. The largest absolute Gasteiger partial charge is 0.465 e. The van der Waals surface area contributed by atoms with E-state index >= 15 is 0 Å². The molecule has 0 aromatic heterocycles. The number of carbonyl (C=O) groups excluding carboxylic acids is 1. The predicted octanol–water partition coefficient (Wildman–Crippen LogP) is 4.92. The third-order valence-corrected chi connectivity index (χ3v) is 4.66. The predicted molar refractivity (Wildman–Crippen MR) is 91.3 cm³/mol. The van der Waals surface area contributed by atoms with Gasteiger partial charge in [0, 0.05) is 10.6 Å². The summed E-state index contributed by atoms with van der Waals surface area (Å²) in [6, 6.07) is 22.3. The topological polar surface area (TPSA) is 26.3 Å². The first kappa shape index (κ1) is 14.7. The summed E-state index contributed by atoms with van der Waals surface area (Å²) >= 11 is 1.81. The summed E-state index contributed by atoms with van der Waals surface area (Å²) in [6.45, 7) is 0. The molecule has 0 aliphatic carbocycles. The molecule has 3 heteroatoms. The molecular formula is C19H16O2S. The van der Waals surface area contributed by atoms with E-state index in [9.17, 15) is 4.79 Å². The van der Waals surface area contributed by atoms with Crippen LogP contribution in [0.4, 0.5) is 0 Å². The number of fused-ring (bicyclic) bond motifs is 1. The van der Waals surface area contributed by atoms with E-state index in [1.54, 1.807) is 11.8 Å². The van der Waals surface area contributed by atoms with Gasteiger partial charge in [0.25, 0.3) is 0 Å². The number of hydrogen-bond donors (Lipinski definition) is 0. The zero-order valence-corrected chi connectivity index (χ0v) is 13.1. The van der Waals surface area contributed by atoms with Gasteiger partial charge in [0.05, 0.1) is 12.7 Å². The maximum Gasteiger partial charge on any atom is 0.337 e. The average molecular weight is 308 g/mol. The van der Waals surface area contributed by atoms with Crippen LogP contribution in [0.25, 0.3) is 10.8 Å². The monoisotopic (exact) mass is 308 g/mol. The van der Waals surface area contributed by atoms with Gasteiger partial charge in [-0.25, -0.2) is 4.79 Å². The van der Waals surface area contributed by atoms with Crippen LogP contribution in [0.2, 0.25) is 0 Å². The third kappa shape index (κ3) is 3.15. The molecular weight excluding hydrogens is 292 g/mol. The fourth-order valence-corrected chi connectivity index (χ4v) is 3.37. The molecule has 3 aromatic carbocycles. The van der Waals surface area contributed by atoms with E-state index in [0.29, 0.717) is 5.56 Å². The Labute approximate surface area is 134 Å². The third-order valence-electron chi connectivity index (χ3n) is 3.52. The highest BCUT2D eigenvalue weighted by Crippen LogP contribution is 2.30. The molecule has 3 aromatic rings. The number of ether oxygens (including phenoxy) is 1. The van der Waals surface area contributed by atoms with Gasteiger partial charge in [0.15, 0.2) is 0 Å². The van der Waals surface area contributed by atoms with Gasteiger partial charge in [0.1, 0.15) is 0 Å². The van der Waals surface area contributed by atoms with E-state index in [1.807, 2.05) is 24.3 Å². The molecule has 0 saturated heterocycles. The molecule has 110 valence electrons. The van der Waals surface area contributed by atoms with E-state index in [4.69, 9.17) is 4.74 Å². The number of hydrogen-bond acceptors (Lipinski definition) is 3. The number of benzene rings is 3. The molecule has 3 rings (SSSR count). The first-order valence-electron chi connectivity index (χ1n) is 7.06. The van der Waals surface area contributed by atoms with Crippen molar-refractivity contribution in [1.82, 2.24) is 0 Å². The summed E-state index contributed by atoms with van der Waals surface area (Å²) in [5.41, 5.74) is 1.77. The molecule has 2 nitrogen and oxygen atoms in total. The van der Waals surface area contributed by atoms with Crippen molar-refractivity contribution in [3.63, 3.8) is 0 Å². The molecule has 22 heavy (non-hydrogen) atoms. The number of methoxy groups -OCH3 is 1. The molecule has 0 aliphatic rings. The highest BCUT2D eigenvalue weighted by Gasteiger charge is 2.05. The van der Waals surface area contributed by atoms with Crippen molar-refractivity contribution in [3.05, 3.63) is 77.9 Å². The van der Waals surface area contributed by atoms with Gasteiger partial charge < -0.3 is 4.74 Å². The normalized spacial score (nSPS) is 10.6. The Morgan fingerprint density at radius 2 is 1.68 bits per heavy atom. The highest BCUT2D eigenvalue weighted by atomic mass is 32.2. The van der Waals surface area contributed by atoms with E-state index in [-0.39, 0.29) is 5.97 Å². The maximum atomic E-state index is 11.4. The van der Waals surface area contributed by atoms with Gasteiger partial charge in [-0.3, -0.25) is 0 Å². The van der Waals surface area contributed by atoms with E-state index in [0.717, 1.165) is 5.75 Å². The molecule has 0 spiro atoms. The number of esters is 1. The van der Waals surface area contributed by atoms with Gasteiger partial charge in [-0.2, -0.15) is 0 Å². The minimum absolute atomic E-state index is 0.298. The molecule has 0 unspecified atom stereocenters. The smallest absolute Gasteiger partial charge is 0.337 e. The van der Waals surface area contributed by atoms with Crippen LogP contribution >= 0.6 is 11.8 Å². The summed E-state index contributed by atoms with van der Waals surface area (Å²) in [4.78, 5) is 12.7. The Kier molecular flexibility index (Phi) is 4.45. The van der Waals surface area contributed by atoms with Gasteiger partial charge in [-0.05, 0) is 34.5 Å². The molecule has 0 amide bonds. The van der Waals surface area contributed by atoms with Crippen LogP contribution in [0.3, 0.4) is 0 Å². The summed E-state index contributed by atoms with van der Waals surface area (Å²) < 4.78 is 4.71. The average Bonchev–Trinajstić information content (AvgIpc) is 2.59. The van der Waals surface area contributed by atoms with Crippen molar-refractivity contribution in [2.45, 2.75) is 10.6 Å². The van der Waals surface area contributed by atoms with Crippen LogP contribution in [0.5, 0.6) is 0 Å². The lowest BCUT2D eigenvalue weighted by molar-refractivity contribution is 0.0600. The van der Waals surface area contributed by atoms with Crippen LogP contribution < -0.4 is 0 Å². The van der Waals surface area contributed by atoms with Gasteiger partial charge >= 0.3 is 5.97 Å². The zero-order valence-electron chi connectivity index (χ0n) is 12.3.